The average Bonchev–Trinajstić information content (AvgIpc) is 2.92. The van der Waals surface area contributed by atoms with E-state index in [0.717, 1.165) is 29.6 Å². The molecular formula is C16H14ClN5. The number of imidazole rings is 1. The number of fused-ring (bicyclic) bond motifs is 1. The van der Waals surface area contributed by atoms with Gasteiger partial charge >= 0.3 is 0 Å². The van der Waals surface area contributed by atoms with E-state index in [1.165, 1.54) is 0 Å². The summed E-state index contributed by atoms with van der Waals surface area (Å²) in [4.78, 5) is 8.61. The monoisotopic (exact) mass is 311 g/mol. The molecule has 0 saturated carbocycles. The number of pyridine rings is 1. The number of nitrogens with zero attached hydrogens (tertiary/aromatic N) is 4. The summed E-state index contributed by atoms with van der Waals surface area (Å²) in [6, 6.07) is 9.32. The molecule has 0 unspecified atom stereocenters. The summed E-state index contributed by atoms with van der Waals surface area (Å²) >= 11 is 5.98. The van der Waals surface area contributed by atoms with Crippen LogP contribution in [0.1, 0.15) is 11.3 Å². The van der Waals surface area contributed by atoms with Crippen LogP contribution in [-0.4, -0.2) is 21.1 Å². The zero-order chi connectivity index (χ0) is 15.5. The summed E-state index contributed by atoms with van der Waals surface area (Å²) < 4.78 is 1.98. The zero-order valence-electron chi connectivity index (χ0n) is 12.0. The lowest BCUT2D eigenvalue weighted by atomic mass is 10.1. The Morgan fingerprint density at radius 1 is 1.36 bits per heavy atom. The number of hydrogen-bond acceptors (Lipinski definition) is 4. The van der Waals surface area contributed by atoms with E-state index in [0.29, 0.717) is 16.4 Å². The van der Waals surface area contributed by atoms with E-state index in [-0.39, 0.29) is 0 Å². The first-order valence-corrected chi connectivity index (χ1v) is 7.24. The third-order valence-electron chi connectivity index (χ3n) is 3.49. The quantitative estimate of drug-likeness (QED) is 0.803. The van der Waals surface area contributed by atoms with Gasteiger partial charge in [-0.3, -0.25) is 0 Å². The molecule has 5 nitrogen and oxygen atoms in total. The first-order valence-electron chi connectivity index (χ1n) is 6.87. The molecule has 2 heterocycles. The van der Waals surface area contributed by atoms with Gasteiger partial charge < -0.3 is 9.88 Å². The average molecular weight is 312 g/mol. The Balaban J connectivity index is 1.81. The van der Waals surface area contributed by atoms with E-state index in [4.69, 9.17) is 11.6 Å². The zero-order valence-corrected chi connectivity index (χ0v) is 12.8. The molecule has 0 fully saturated rings. The molecule has 0 saturated heterocycles. The number of rotatable bonds is 4. The fraction of sp³-hybridized carbons (Fsp3) is 0.188. The molecule has 0 spiro atoms. The Hall–Kier alpha value is -2.58. The Morgan fingerprint density at radius 2 is 2.23 bits per heavy atom. The molecule has 22 heavy (non-hydrogen) atoms. The van der Waals surface area contributed by atoms with E-state index in [1.807, 2.05) is 23.9 Å². The third-order valence-corrected chi connectivity index (χ3v) is 3.73. The molecule has 0 aliphatic rings. The van der Waals surface area contributed by atoms with Gasteiger partial charge in [-0.1, -0.05) is 11.6 Å². The van der Waals surface area contributed by atoms with Crippen LogP contribution in [-0.2, 0) is 13.5 Å². The van der Waals surface area contributed by atoms with Gasteiger partial charge in [0.15, 0.2) is 0 Å². The number of benzene rings is 1. The molecule has 0 bridgehead atoms. The Kier molecular flexibility index (Phi) is 3.94. The van der Waals surface area contributed by atoms with Crippen LogP contribution < -0.4 is 5.32 Å². The van der Waals surface area contributed by atoms with Crippen LogP contribution in [0, 0.1) is 11.3 Å². The van der Waals surface area contributed by atoms with E-state index in [9.17, 15) is 5.26 Å². The first kappa shape index (κ1) is 14.4. The minimum Gasteiger partial charge on any atom is -0.370 e. The van der Waals surface area contributed by atoms with Gasteiger partial charge in [0.2, 0.25) is 0 Å². The lowest BCUT2D eigenvalue weighted by Gasteiger charge is -2.08. The number of nitrogens with one attached hydrogen (secondary N) is 1. The van der Waals surface area contributed by atoms with Crippen molar-refractivity contribution in [3.63, 3.8) is 0 Å². The second-order valence-electron chi connectivity index (χ2n) is 5.00. The standard InChI is InChI=1S/C16H14ClN5/c1-22-10-19-9-13(22)4-5-20-16-6-11(8-18)14-7-12(17)2-3-15(14)21-16/h2-3,6-7,9-10H,4-5H2,1H3,(H,20,21). The minimum atomic E-state index is 0.565. The molecule has 0 radical (unpaired) electrons. The summed E-state index contributed by atoms with van der Waals surface area (Å²) in [5.41, 5.74) is 2.46. The highest BCUT2D eigenvalue weighted by Gasteiger charge is 2.06. The number of aryl methyl sites for hydroxylation is 1. The molecule has 2 aromatic heterocycles. The van der Waals surface area contributed by atoms with Crippen molar-refractivity contribution < 1.29 is 0 Å². The normalized spacial score (nSPS) is 10.6. The third kappa shape index (κ3) is 2.87. The lowest BCUT2D eigenvalue weighted by Crippen LogP contribution is -2.08. The Labute approximate surface area is 133 Å². The lowest BCUT2D eigenvalue weighted by molar-refractivity contribution is 0.815. The smallest absolute Gasteiger partial charge is 0.127 e. The molecular weight excluding hydrogens is 298 g/mol. The van der Waals surface area contributed by atoms with E-state index >= 15 is 0 Å². The highest BCUT2D eigenvalue weighted by atomic mass is 35.5. The maximum Gasteiger partial charge on any atom is 0.127 e. The fourth-order valence-corrected chi connectivity index (χ4v) is 2.50. The molecule has 3 aromatic rings. The van der Waals surface area contributed by atoms with Crippen molar-refractivity contribution in [3.05, 3.63) is 53.1 Å². The molecule has 3 rings (SSSR count). The van der Waals surface area contributed by atoms with Crippen molar-refractivity contribution in [2.24, 2.45) is 7.05 Å². The van der Waals surface area contributed by atoms with Gasteiger partial charge in [-0.05, 0) is 24.3 Å². The van der Waals surface area contributed by atoms with Crippen LogP contribution in [0.15, 0.2) is 36.8 Å². The molecule has 0 aliphatic carbocycles. The van der Waals surface area contributed by atoms with Crippen molar-refractivity contribution in [2.45, 2.75) is 6.42 Å². The van der Waals surface area contributed by atoms with Crippen LogP contribution in [0.2, 0.25) is 5.02 Å². The molecule has 1 N–H and O–H groups in total. The van der Waals surface area contributed by atoms with Crippen molar-refractivity contribution in [1.29, 1.82) is 5.26 Å². The maximum absolute atomic E-state index is 9.30. The van der Waals surface area contributed by atoms with Crippen molar-refractivity contribution in [2.75, 3.05) is 11.9 Å². The van der Waals surface area contributed by atoms with Gasteiger partial charge in [0.05, 0.1) is 23.5 Å². The fourth-order valence-electron chi connectivity index (χ4n) is 2.33. The Morgan fingerprint density at radius 3 is 2.95 bits per heavy atom. The molecule has 1 aromatic carbocycles. The highest BCUT2D eigenvalue weighted by molar-refractivity contribution is 6.31. The number of aromatic nitrogens is 3. The molecule has 110 valence electrons. The predicted octanol–water partition coefficient (Wildman–Crippen LogP) is 3.15. The van der Waals surface area contributed by atoms with Gasteiger partial charge in [0.1, 0.15) is 5.82 Å². The van der Waals surface area contributed by atoms with Gasteiger partial charge in [-0.25, -0.2) is 9.97 Å². The second kappa shape index (κ2) is 6.04. The molecule has 0 amide bonds. The van der Waals surface area contributed by atoms with Crippen LogP contribution in [0.4, 0.5) is 5.82 Å². The predicted molar refractivity (Wildman–Crippen MR) is 86.9 cm³/mol. The SMILES string of the molecule is Cn1cncc1CCNc1cc(C#N)c2cc(Cl)ccc2n1. The van der Waals surface area contributed by atoms with Crippen molar-refractivity contribution in [1.82, 2.24) is 14.5 Å². The summed E-state index contributed by atoms with van der Waals surface area (Å²) in [5, 5.41) is 13.9. The van der Waals surface area contributed by atoms with Crippen molar-refractivity contribution >= 4 is 28.3 Å². The van der Waals surface area contributed by atoms with Gasteiger partial charge in [0.25, 0.3) is 0 Å². The van der Waals surface area contributed by atoms with E-state index in [2.05, 4.69) is 21.4 Å². The highest BCUT2D eigenvalue weighted by Crippen LogP contribution is 2.23. The van der Waals surface area contributed by atoms with Crippen molar-refractivity contribution in [3.8, 4) is 6.07 Å². The summed E-state index contributed by atoms with van der Waals surface area (Å²) in [6.45, 7) is 0.719. The molecule has 0 atom stereocenters. The maximum atomic E-state index is 9.30. The summed E-state index contributed by atoms with van der Waals surface area (Å²) in [6.07, 6.45) is 4.46. The van der Waals surface area contributed by atoms with E-state index in [1.54, 1.807) is 24.5 Å². The first-order chi connectivity index (χ1) is 10.7. The molecule has 0 aliphatic heterocycles. The van der Waals surface area contributed by atoms with Crippen LogP contribution in [0.3, 0.4) is 0 Å². The van der Waals surface area contributed by atoms with Gasteiger partial charge in [-0.2, -0.15) is 5.26 Å². The molecule has 6 heteroatoms. The second-order valence-corrected chi connectivity index (χ2v) is 5.44. The van der Waals surface area contributed by atoms with Gasteiger partial charge in [0, 0.05) is 42.3 Å². The minimum absolute atomic E-state index is 0.565. The number of nitriles is 1. The summed E-state index contributed by atoms with van der Waals surface area (Å²) in [7, 11) is 1.97. The van der Waals surface area contributed by atoms with Gasteiger partial charge in [-0.15, -0.1) is 0 Å². The summed E-state index contributed by atoms with van der Waals surface area (Å²) in [5.74, 6) is 0.688. The van der Waals surface area contributed by atoms with Crippen LogP contribution >= 0.6 is 11.6 Å². The number of anilines is 1. The van der Waals surface area contributed by atoms with Crippen LogP contribution in [0.25, 0.3) is 10.9 Å². The van der Waals surface area contributed by atoms with Crippen LogP contribution in [0.5, 0.6) is 0 Å². The number of halogens is 1. The van der Waals surface area contributed by atoms with E-state index < -0.39 is 0 Å². The largest absolute Gasteiger partial charge is 0.370 e. The Bertz CT molecular complexity index is 863. The topological polar surface area (TPSA) is 66.5 Å². The number of hydrogen-bond donors (Lipinski definition) is 1.